The van der Waals surface area contributed by atoms with Crippen molar-refractivity contribution >= 4 is 23.1 Å². The first-order valence-electron chi connectivity index (χ1n) is 8.63. The second-order valence-electron chi connectivity index (χ2n) is 6.71. The molecule has 27 heavy (non-hydrogen) atoms. The number of pyridine rings is 1. The number of aryl methyl sites for hydroxylation is 1. The summed E-state index contributed by atoms with van der Waals surface area (Å²) in [4.78, 5) is 24.0. The molecule has 0 unspecified atom stereocenters. The van der Waals surface area contributed by atoms with E-state index in [1.807, 2.05) is 13.1 Å². The number of carbonyl (C=O) groups is 1. The first kappa shape index (κ1) is 17.2. The Morgan fingerprint density at radius 3 is 3.00 bits per heavy atom. The van der Waals surface area contributed by atoms with Gasteiger partial charge in [0.25, 0.3) is 5.91 Å². The number of rotatable bonds is 3. The van der Waals surface area contributed by atoms with Crippen LogP contribution in [0.25, 0.3) is 5.65 Å². The third kappa shape index (κ3) is 3.06. The van der Waals surface area contributed by atoms with Crippen molar-refractivity contribution in [2.24, 2.45) is 0 Å². The molecule has 3 aromatic rings. The summed E-state index contributed by atoms with van der Waals surface area (Å²) in [6.07, 6.45) is 4.28. The Morgan fingerprint density at radius 2 is 2.22 bits per heavy atom. The highest BCUT2D eigenvalue weighted by Crippen LogP contribution is 2.27. The summed E-state index contributed by atoms with van der Waals surface area (Å²) < 4.78 is 6.90. The van der Waals surface area contributed by atoms with E-state index in [0.717, 1.165) is 36.5 Å². The SMILES string of the molecule is COc1cc(C)ncc1NC(=O)c1c(N)nn2cc3c(nc12)CCN(C)C3. The number of nitrogen functional groups attached to an aromatic ring is 1. The lowest BCUT2D eigenvalue weighted by atomic mass is 10.1. The molecule has 0 saturated heterocycles. The first-order valence-corrected chi connectivity index (χ1v) is 8.63. The van der Waals surface area contributed by atoms with Gasteiger partial charge in [0.1, 0.15) is 17.0 Å². The highest BCUT2D eigenvalue weighted by molar-refractivity contribution is 6.12. The van der Waals surface area contributed by atoms with Gasteiger partial charge in [0.2, 0.25) is 0 Å². The molecule has 0 aromatic carbocycles. The van der Waals surface area contributed by atoms with Crippen LogP contribution in [-0.2, 0) is 13.0 Å². The quantitative estimate of drug-likeness (QED) is 0.717. The number of amides is 1. The number of hydrogen-bond acceptors (Lipinski definition) is 7. The van der Waals surface area contributed by atoms with Crippen molar-refractivity contribution in [1.29, 1.82) is 0 Å². The van der Waals surface area contributed by atoms with Gasteiger partial charge in [0.15, 0.2) is 11.5 Å². The standard InChI is InChI=1S/C18H21N7O2/c1-10-6-14(27-3)13(7-20-10)22-18(26)15-16(19)23-25-9-11-8-24(2)5-4-12(11)21-17(15)25/h6-7,9H,4-5,8H2,1-3H3,(H2,19,23)(H,22,26). The van der Waals surface area contributed by atoms with Crippen LogP contribution in [0.5, 0.6) is 5.75 Å². The first-order chi connectivity index (χ1) is 13.0. The number of aromatic nitrogens is 4. The van der Waals surface area contributed by atoms with E-state index in [2.05, 4.69) is 32.3 Å². The second kappa shape index (κ2) is 6.51. The maximum atomic E-state index is 12.9. The number of fused-ring (bicyclic) bond motifs is 2. The van der Waals surface area contributed by atoms with Crippen molar-refractivity contribution in [3.63, 3.8) is 0 Å². The largest absolute Gasteiger partial charge is 0.494 e. The zero-order valence-corrected chi connectivity index (χ0v) is 15.5. The Hall–Kier alpha value is -3.20. The molecule has 9 heteroatoms. The fraction of sp³-hybridized carbons (Fsp3) is 0.333. The fourth-order valence-corrected chi connectivity index (χ4v) is 3.28. The number of carbonyl (C=O) groups excluding carboxylic acids is 1. The van der Waals surface area contributed by atoms with Gasteiger partial charge in [-0.2, -0.15) is 0 Å². The zero-order chi connectivity index (χ0) is 19.1. The average molecular weight is 367 g/mol. The van der Waals surface area contributed by atoms with Crippen molar-refractivity contribution in [2.75, 3.05) is 31.8 Å². The van der Waals surface area contributed by atoms with E-state index in [4.69, 9.17) is 10.5 Å². The van der Waals surface area contributed by atoms with Gasteiger partial charge in [-0.3, -0.25) is 9.78 Å². The molecule has 0 saturated carbocycles. The van der Waals surface area contributed by atoms with Crippen LogP contribution in [0.3, 0.4) is 0 Å². The molecule has 9 nitrogen and oxygen atoms in total. The number of hydrogen-bond donors (Lipinski definition) is 2. The molecule has 3 N–H and O–H groups in total. The third-order valence-corrected chi connectivity index (χ3v) is 4.67. The van der Waals surface area contributed by atoms with Crippen molar-refractivity contribution in [3.05, 3.63) is 41.0 Å². The Bertz CT molecular complexity index is 1040. The number of methoxy groups -OCH3 is 1. The van der Waals surface area contributed by atoms with Crippen molar-refractivity contribution in [3.8, 4) is 5.75 Å². The minimum atomic E-state index is -0.396. The Labute approximate surface area is 156 Å². The summed E-state index contributed by atoms with van der Waals surface area (Å²) in [6.45, 7) is 3.57. The van der Waals surface area contributed by atoms with Crippen LogP contribution in [0, 0.1) is 6.92 Å². The molecule has 0 fully saturated rings. The second-order valence-corrected chi connectivity index (χ2v) is 6.71. The van der Waals surface area contributed by atoms with Crippen molar-refractivity contribution < 1.29 is 9.53 Å². The average Bonchev–Trinajstić information content (AvgIpc) is 2.95. The van der Waals surface area contributed by atoms with Gasteiger partial charge >= 0.3 is 0 Å². The van der Waals surface area contributed by atoms with Crippen LogP contribution >= 0.6 is 0 Å². The smallest absolute Gasteiger partial charge is 0.263 e. The zero-order valence-electron chi connectivity index (χ0n) is 15.5. The van der Waals surface area contributed by atoms with E-state index in [9.17, 15) is 4.79 Å². The predicted octanol–water partition coefficient (Wildman–Crippen LogP) is 1.26. The number of nitrogens with one attached hydrogen (secondary N) is 1. The maximum Gasteiger partial charge on any atom is 0.263 e. The summed E-state index contributed by atoms with van der Waals surface area (Å²) in [5.41, 5.74) is 10.1. The normalized spacial score (nSPS) is 14.2. The van der Waals surface area contributed by atoms with Crippen LogP contribution in [0.15, 0.2) is 18.5 Å². The fourth-order valence-electron chi connectivity index (χ4n) is 3.28. The molecule has 0 atom stereocenters. The third-order valence-electron chi connectivity index (χ3n) is 4.67. The number of ether oxygens (including phenoxy) is 1. The highest BCUT2D eigenvalue weighted by atomic mass is 16.5. The summed E-state index contributed by atoms with van der Waals surface area (Å²) in [5.74, 6) is 0.265. The predicted molar refractivity (Wildman–Crippen MR) is 101 cm³/mol. The van der Waals surface area contributed by atoms with Crippen molar-refractivity contribution in [1.82, 2.24) is 24.5 Å². The van der Waals surface area contributed by atoms with Gasteiger partial charge in [-0.1, -0.05) is 0 Å². The number of nitrogens with zero attached hydrogens (tertiary/aromatic N) is 5. The molecule has 4 rings (SSSR count). The van der Waals surface area contributed by atoms with Gasteiger partial charge in [-0.25, -0.2) is 9.50 Å². The summed E-state index contributed by atoms with van der Waals surface area (Å²) in [7, 11) is 3.60. The molecule has 1 aliphatic rings. The molecular formula is C18H21N7O2. The molecular weight excluding hydrogens is 346 g/mol. The van der Waals surface area contributed by atoms with E-state index in [1.165, 1.54) is 0 Å². The minimum Gasteiger partial charge on any atom is -0.494 e. The topological polar surface area (TPSA) is 111 Å². The van der Waals surface area contributed by atoms with E-state index in [-0.39, 0.29) is 11.4 Å². The molecule has 0 bridgehead atoms. The lowest BCUT2D eigenvalue weighted by Gasteiger charge is -2.23. The maximum absolute atomic E-state index is 12.9. The van der Waals surface area contributed by atoms with Gasteiger partial charge in [-0.15, -0.1) is 5.10 Å². The number of likely N-dealkylation sites (N-methyl/N-ethyl adjacent to an activating group) is 1. The highest BCUT2D eigenvalue weighted by Gasteiger charge is 2.24. The van der Waals surface area contributed by atoms with Gasteiger partial charge in [0, 0.05) is 43.0 Å². The summed E-state index contributed by atoms with van der Waals surface area (Å²) in [6, 6.07) is 1.75. The van der Waals surface area contributed by atoms with Crippen molar-refractivity contribution in [2.45, 2.75) is 19.9 Å². The van der Waals surface area contributed by atoms with E-state index >= 15 is 0 Å². The lowest BCUT2D eigenvalue weighted by molar-refractivity contribution is 0.102. The minimum absolute atomic E-state index is 0.134. The van der Waals surface area contributed by atoms with E-state index in [0.29, 0.717) is 17.1 Å². The Kier molecular flexibility index (Phi) is 4.15. The molecule has 0 spiro atoms. The van der Waals surface area contributed by atoms with Gasteiger partial charge < -0.3 is 20.7 Å². The van der Waals surface area contributed by atoms with E-state index < -0.39 is 5.91 Å². The molecule has 0 aliphatic carbocycles. The molecule has 4 heterocycles. The molecule has 3 aromatic heterocycles. The number of nitrogens with two attached hydrogens (primary N) is 1. The van der Waals surface area contributed by atoms with Crippen LogP contribution in [0.4, 0.5) is 11.5 Å². The summed E-state index contributed by atoms with van der Waals surface area (Å²) in [5, 5.41) is 7.07. The Morgan fingerprint density at radius 1 is 1.41 bits per heavy atom. The lowest BCUT2D eigenvalue weighted by Crippen LogP contribution is -2.28. The van der Waals surface area contributed by atoms with Gasteiger partial charge in [0.05, 0.1) is 19.0 Å². The molecule has 140 valence electrons. The molecule has 1 aliphatic heterocycles. The summed E-state index contributed by atoms with van der Waals surface area (Å²) >= 11 is 0. The molecule has 1 amide bonds. The number of anilines is 2. The Balaban J connectivity index is 1.73. The van der Waals surface area contributed by atoms with Crippen LogP contribution in [0.1, 0.15) is 27.3 Å². The molecule has 0 radical (unpaired) electrons. The van der Waals surface area contributed by atoms with E-state index in [1.54, 1.807) is 23.9 Å². The van der Waals surface area contributed by atoms with Gasteiger partial charge in [-0.05, 0) is 14.0 Å². The van der Waals surface area contributed by atoms with Crippen LogP contribution in [0.2, 0.25) is 0 Å². The monoisotopic (exact) mass is 367 g/mol. The van der Waals surface area contributed by atoms with Crippen LogP contribution in [-0.4, -0.2) is 51.1 Å². The van der Waals surface area contributed by atoms with Crippen LogP contribution < -0.4 is 15.8 Å².